The molecule has 48 heavy (non-hydrogen) atoms. The molecule has 1 aliphatic heterocycles. The molecular formula is C37H35F2N5O3S. The fourth-order valence-corrected chi connectivity index (χ4v) is 7.23. The molecule has 2 N–H and O–H groups in total. The van der Waals surface area contributed by atoms with Gasteiger partial charge in [-0.15, -0.1) is 11.3 Å². The number of halogens is 2. The average Bonchev–Trinajstić information content (AvgIpc) is 3.86. The minimum Gasteiger partial charge on any atom is -0.425 e. The van der Waals surface area contributed by atoms with Crippen molar-refractivity contribution in [1.29, 1.82) is 5.26 Å². The van der Waals surface area contributed by atoms with Crippen molar-refractivity contribution in [1.82, 2.24) is 20.1 Å². The summed E-state index contributed by atoms with van der Waals surface area (Å²) >= 11 is 1.33. The van der Waals surface area contributed by atoms with Crippen LogP contribution in [0, 0.1) is 36.8 Å². The fourth-order valence-electron chi connectivity index (χ4n) is 6.26. The second-order valence-corrected chi connectivity index (χ2v) is 13.3. The Labute approximate surface area is 281 Å². The van der Waals surface area contributed by atoms with Gasteiger partial charge in [-0.1, -0.05) is 37.3 Å². The molecule has 0 radical (unpaired) electrons. The molecule has 6 rings (SSSR count). The van der Waals surface area contributed by atoms with Crippen molar-refractivity contribution in [3.63, 3.8) is 0 Å². The molecular weight excluding hydrogens is 633 g/mol. The lowest BCUT2D eigenvalue weighted by Gasteiger charge is -2.34. The maximum absolute atomic E-state index is 15.3. The Bertz CT molecular complexity index is 1970. The highest BCUT2D eigenvalue weighted by Gasteiger charge is 2.41. The molecule has 0 spiro atoms. The SMILES string of the molecule is Cc1cc(Cc2cnn(CC(O)(c3ccc(F)cc3F)C(C)c3nc(-c4ccc(C#N)cc4)cs3)c2)cc(C)c1OC(=O)C1CCCN1. The van der Waals surface area contributed by atoms with Crippen LogP contribution in [0.4, 0.5) is 8.78 Å². The maximum atomic E-state index is 15.3. The van der Waals surface area contributed by atoms with Crippen LogP contribution in [0.1, 0.15) is 64.1 Å². The van der Waals surface area contributed by atoms with E-state index in [1.165, 1.54) is 17.4 Å². The average molecular weight is 668 g/mol. The first-order valence-electron chi connectivity index (χ1n) is 15.7. The van der Waals surface area contributed by atoms with Gasteiger partial charge in [0.2, 0.25) is 0 Å². The van der Waals surface area contributed by atoms with E-state index in [9.17, 15) is 14.3 Å². The van der Waals surface area contributed by atoms with Gasteiger partial charge >= 0.3 is 5.97 Å². The molecule has 246 valence electrons. The molecule has 3 unspecified atom stereocenters. The van der Waals surface area contributed by atoms with E-state index in [4.69, 9.17) is 15.0 Å². The first-order chi connectivity index (χ1) is 23.0. The molecule has 1 fully saturated rings. The van der Waals surface area contributed by atoms with Crippen molar-refractivity contribution < 1.29 is 23.4 Å². The van der Waals surface area contributed by atoms with Gasteiger partial charge in [0.1, 0.15) is 29.0 Å². The van der Waals surface area contributed by atoms with Gasteiger partial charge in [0.15, 0.2) is 0 Å². The molecule has 3 heterocycles. The Kier molecular flexibility index (Phi) is 9.51. The number of esters is 1. The number of aliphatic hydroxyl groups is 1. The Morgan fingerprint density at radius 2 is 1.92 bits per heavy atom. The van der Waals surface area contributed by atoms with E-state index in [1.54, 1.807) is 48.3 Å². The van der Waals surface area contributed by atoms with Crippen molar-refractivity contribution in [2.75, 3.05) is 6.54 Å². The summed E-state index contributed by atoms with van der Waals surface area (Å²) in [5.74, 6) is -2.02. The largest absolute Gasteiger partial charge is 0.425 e. The lowest BCUT2D eigenvalue weighted by molar-refractivity contribution is -0.136. The molecule has 0 bridgehead atoms. The van der Waals surface area contributed by atoms with E-state index >= 15 is 4.39 Å². The lowest BCUT2D eigenvalue weighted by atomic mass is 9.82. The quantitative estimate of drug-likeness (QED) is 0.126. The molecule has 1 aliphatic rings. The Morgan fingerprint density at radius 3 is 2.58 bits per heavy atom. The smallest absolute Gasteiger partial charge is 0.328 e. The zero-order valence-corrected chi connectivity index (χ0v) is 27.7. The molecule has 0 amide bonds. The van der Waals surface area contributed by atoms with Crippen LogP contribution in [-0.4, -0.2) is 38.4 Å². The number of thiazole rings is 1. The molecule has 2 aromatic heterocycles. The molecule has 11 heteroatoms. The minimum absolute atomic E-state index is 0.0623. The standard InChI is InChI=1S/C37H35F2N5O3S/c1-22-13-26(14-23(2)34(22)47-36(45)32-5-4-12-41-32)15-27-18-42-44(19-27)21-37(46,30-11-10-29(38)16-31(30)39)24(3)35-43-33(20-48-35)28-8-6-25(17-40)7-9-28/h6-11,13-14,16,18-20,24,32,41,46H,4-5,12,15,21H2,1-3H3. The van der Waals surface area contributed by atoms with Crippen LogP contribution in [0.15, 0.2) is 72.4 Å². The Morgan fingerprint density at radius 1 is 1.17 bits per heavy atom. The molecule has 1 saturated heterocycles. The number of hydrogen-bond acceptors (Lipinski definition) is 8. The van der Waals surface area contributed by atoms with E-state index in [0.29, 0.717) is 28.4 Å². The summed E-state index contributed by atoms with van der Waals surface area (Å²) < 4.78 is 36.6. The van der Waals surface area contributed by atoms with Gasteiger partial charge in [-0.3, -0.25) is 4.68 Å². The van der Waals surface area contributed by atoms with Gasteiger partial charge in [0, 0.05) is 41.1 Å². The van der Waals surface area contributed by atoms with Crippen molar-refractivity contribution in [3.05, 3.63) is 122 Å². The second-order valence-electron chi connectivity index (χ2n) is 12.4. The maximum Gasteiger partial charge on any atom is 0.328 e. The van der Waals surface area contributed by atoms with E-state index in [0.717, 1.165) is 59.3 Å². The highest BCUT2D eigenvalue weighted by molar-refractivity contribution is 7.10. The van der Waals surface area contributed by atoms with Crippen LogP contribution < -0.4 is 10.1 Å². The van der Waals surface area contributed by atoms with Gasteiger partial charge in [0.25, 0.3) is 0 Å². The van der Waals surface area contributed by atoms with Crippen LogP contribution in [0.25, 0.3) is 11.3 Å². The van der Waals surface area contributed by atoms with Gasteiger partial charge < -0.3 is 15.2 Å². The van der Waals surface area contributed by atoms with Crippen LogP contribution in [0.5, 0.6) is 5.75 Å². The predicted octanol–water partition coefficient (Wildman–Crippen LogP) is 6.71. The number of aromatic nitrogens is 3. The number of rotatable bonds is 10. The number of carbonyl (C=O) groups is 1. The number of nitrogens with one attached hydrogen (secondary N) is 1. The summed E-state index contributed by atoms with van der Waals surface area (Å²) in [7, 11) is 0. The molecule has 0 aliphatic carbocycles. The summed E-state index contributed by atoms with van der Waals surface area (Å²) in [5, 5.41) is 31.5. The number of carbonyl (C=O) groups excluding carboxylic acids is 1. The summed E-state index contributed by atoms with van der Waals surface area (Å²) in [5.41, 5.74) is 3.65. The number of aryl methyl sites for hydroxylation is 2. The van der Waals surface area contributed by atoms with Gasteiger partial charge in [-0.05, 0) is 73.7 Å². The Hall–Kier alpha value is -4.76. The molecule has 3 atom stereocenters. The highest BCUT2D eigenvalue weighted by Crippen LogP contribution is 2.41. The van der Waals surface area contributed by atoms with E-state index in [-0.39, 0.29) is 24.1 Å². The first-order valence-corrected chi connectivity index (χ1v) is 16.6. The van der Waals surface area contributed by atoms with E-state index in [2.05, 4.69) is 16.5 Å². The second kappa shape index (κ2) is 13.8. The molecule has 5 aromatic rings. The van der Waals surface area contributed by atoms with Gasteiger partial charge in [-0.25, -0.2) is 18.6 Å². The third-order valence-corrected chi connectivity index (χ3v) is 9.91. The zero-order valence-electron chi connectivity index (χ0n) is 26.8. The molecule has 0 saturated carbocycles. The fraction of sp³-hybridized carbons (Fsp3) is 0.297. The molecule has 3 aromatic carbocycles. The number of nitriles is 1. The topological polar surface area (TPSA) is 113 Å². The predicted molar refractivity (Wildman–Crippen MR) is 179 cm³/mol. The van der Waals surface area contributed by atoms with Crippen LogP contribution in [0.3, 0.4) is 0 Å². The van der Waals surface area contributed by atoms with Crippen molar-refractivity contribution in [3.8, 4) is 23.1 Å². The third-order valence-electron chi connectivity index (χ3n) is 8.88. The monoisotopic (exact) mass is 667 g/mol. The van der Waals surface area contributed by atoms with Crippen molar-refractivity contribution >= 4 is 17.3 Å². The van der Waals surface area contributed by atoms with Crippen LogP contribution >= 0.6 is 11.3 Å². The van der Waals surface area contributed by atoms with Crippen LogP contribution in [-0.2, 0) is 23.4 Å². The van der Waals surface area contributed by atoms with Gasteiger partial charge in [0.05, 0.1) is 35.1 Å². The lowest BCUT2D eigenvalue weighted by Crippen LogP contribution is -2.38. The summed E-state index contributed by atoms with van der Waals surface area (Å²) in [4.78, 5) is 17.4. The first kappa shape index (κ1) is 33.2. The van der Waals surface area contributed by atoms with E-state index in [1.807, 2.05) is 31.4 Å². The number of ether oxygens (including phenoxy) is 1. The minimum atomic E-state index is -1.84. The summed E-state index contributed by atoms with van der Waals surface area (Å²) in [6.45, 7) is 6.27. The number of hydrogen-bond donors (Lipinski definition) is 2. The normalized spacial score (nSPS) is 16.3. The zero-order chi connectivity index (χ0) is 34.0. The number of nitrogens with zero attached hydrogens (tertiary/aromatic N) is 4. The molecule has 8 nitrogen and oxygen atoms in total. The van der Waals surface area contributed by atoms with Crippen LogP contribution in [0.2, 0.25) is 0 Å². The summed E-state index contributed by atoms with van der Waals surface area (Å²) in [6.07, 6.45) is 5.74. The third kappa shape index (κ3) is 6.92. The van der Waals surface area contributed by atoms with Crippen molar-refractivity contribution in [2.45, 2.75) is 64.1 Å². The summed E-state index contributed by atoms with van der Waals surface area (Å²) in [6, 6.07) is 16.0. The van der Waals surface area contributed by atoms with Gasteiger partial charge in [-0.2, -0.15) is 10.4 Å². The van der Waals surface area contributed by atoms with Crippen molar-refractivity contribution in [2.24, 2.45) is 0 Å². The Balaban J connectivity index is 1.24. The highest BCUT2D eigenvalue weighted by atomic mass is 32.1. The number of benzene rings is 3. The van der Waals surface area contributed by atoms with E-state index < -0.39 is 23.2 Å².